The van der Waals surface area contributed by atoms with Gasteiger partial charge in [-0.3, -0.25) is 38.6 Å². The maximum atomic E-state index is 13.7. The van der Waals surface area contributed by atoms with Crippen molar-refractivity contribution in [3.8, 4) is 5.75 Å². The van der Waals surface area contributed by atoms with Crippen molar-refractivity contribution in [1.82, 2.24) is 21.3 Å². The molecule has 0 unspecified atom stereocenters. The van der Waals surface area contributed by atoms with Crippen LogP contribution < -0.4 is 38.5 Å². The Kier molecular flexibility index (Phi) is 18.6. The van der Waals surface area contributed by atoms with Crippen LogP contribution >= 0.6 is 11.8 Å². The van der Waals surface area contributed by atoms with Crippen LogP contribution in [0.25, 0.3) is 0 Å². The van der Waals surface area contributed by atoms with Crippen molar-refractivity contribution in [3.05, 3.63) is 59.7 Å². The maximum absolute atomic E-state index is 13.7. The molecule has 0 saturated heterocycles. The predicted octanol–water partition coefficient (Wildman–Crippen LogP) is -0.258. The molecule has 0 radical (unpaired) electrons. The van der Waals surface area contributed by atoms with Gasteiger partial charge in [0.15, 0.2) is 5.96 Å². The fraction of sp³-hybridized carbons (Fsp3) is 0.444. The molecule has 18 nitrogen and oxygen atoms in total. The number of nitrogens with zero attached hydrogens (tertiary/aromatic N) is 1. The predicted molar refractivity (Wildman–Crippen MR) is 203 cm³/mol. The number of nitrogens with two attached hydrogens (primary N) is 3. The number of hydrogen-bond acceptors (Lipinski definition) is 11. The van der Waals surface area contributed by atoms with Crippen LogP contribution in [0.15, 0.2) is 58.4 Å². The lowest BCUT2D eigenvalue weighted by Crippen LogP contribution is -2.58. The van der Waals surface area contributed by atoms with Crippen molar-refractivity contribution < 1.29 is 48.9 Å². The Morgan fingerprint density at radius 3 is 1.85 bits per heavy atom. The third kappa shape index (κ3) is 17.3. The SMILES string of the molecule is CC(C)C[C@H](N)C(=O)N[C@@H](Cc1ccc(O)cc1)C(=O)N[C@@H](CCCN=C(N)N)C(=O)N[C@@H](C)C(=O)N[C@@H](CC(=O)O)C(=O)Sc1ccc(CC(=O)O)cc1. The summed E-state index contributed by atoms with van der Waals surface area (Å²) in [5, 5.41) is 37.5. The zero-order valence-corrected chi connectivity index (χ0v) is 31.6. The number of phenols is 1. The van der Waals surface area contributed by atoms with Crippen LogP contribution in [0, 0.1) is 5.92 Å². The first kappa shape index (κ1) is 45.5. The van der Waals surface area contributed by atoms with Gasteiger partial charge in [0.1, 0.15) is 29.9 Å². The first-order valence-electron chi connectivity index (χ1n) is 17.4. The number of carboxylic acid groups (broad SMARTS) is 2. The average Bonchev–Trinajstić information content (AvgIpc) is 3.09. The first-order valence-corrected chi connectivity index (χ1v) is 18.2. The van der Waals surface area contributed by atoms with E-state index in [2.05, 4.69) is 26.3 Å². The Hall–Kier alpha value is -5.69. The summed E-state index contributed by atoms with van der Waals surface area (Å²) < 4.78 is 0. The Morgan fingerprint density at radius 1 is 0.727 bits per heavy atom. The molecular formula is C36H50N8O10S. The Morgan fingerprint density at radius 2 is 1.29 bits per heavy atom. The molecule has 2 rings (SSSR count). The van der Waals surface area contributed by atoms with Crippen molar-refractivity contribution in [2.45, 2.75) is 94.4 Å². The number of hydrogen-bond donors (Lipinski definition) is 10. The fourth-order valence-corrected chi connectivity index (χ4v) is 5.89. The zero-order chi connectivity index (χ0) is 41.2. The molecule has 19 heteroatoms. The topological polar surface area (TPSA) is 319 Å². The minimum Gasteiger partial charge on any atom is -0.508 e. The highest BCUT2D eigenvalue weighted by Gasteiger charge is 2.31. The summed E-state index contributed by atoms with van der Waals surface area (Å²) >= 11 is 0.648. The van der Waals surface area contributed by atoms with E-state index in [9.17, 15) is 43.8 Å². The van der Waals surface area contributed by atoms with Crippen LogP contribution in [0.5, 0.6) is 5.75 Å². The van der Waals surface area contributed by atoms with E-state index in [0.29, 0.717) is 34.2 Å². The smallest absolute Gasteiger partial charge is 0.307 e. The summed E-state index contributed by atoms with van der Waals surface area (Å²) in [7, 11) is 0. The molecule has 0 aliphatic heterocycles. The number of aromatic hydroxyl groups is 1. The van der Waals surface area contributed by atoms with Gasteiger partial charge in [-0.2, -0.15) is 0 Å². The van der Waals surface area contributed by atoms with E-state index in [4.69, 9.17) is 22.3 Å². The van der Waals surface area contributed by atoms with E-state index >= 15 is 0 Å². The van der Waals surface area contributed by atoms with Gasteiger partial charge in [0.25, 0.3) is 0 Å². The number of nitrogens with one attached hydrogen (secondary N) is 4. The summed E-state index contributed by atoms with van der Waals surface area (Å²) in [6, 6.07) is 5.70. The van der Waals surface area contributed by atoms with E-state index in [1.165, 1.54) is 43.3 Å². The number of amides is 4. The minimum absolute atomic E-state index is 0.00920. The van der Waals surface area contributed by atoms with E-state index in [-0.39, 0.29) is 49.9 Å². The number of carboxylic acids is 2. The van der Waals surface area contributed by atoms with E-state index in [1.807, 2.05) is 13.8 Å². The van der Waals surface area contributed by atoms with Crippen LogP contribution in [0.1, 0.15) is 57.6 Å². The lowest BCUT2D eigenvalue weighted by atomic mass is 10.0. The molecule has 0 bridgehead atoms. The summed E-state index contributed by atoms with van der Waals surface area (Å²) in [6.45, 7) is 5.16. The van der Waals surface area contributed by atoms with E-state index in [0.717, 1.165) is 0 Å². The number of carbonyl (C=O) groups excluding carboxylic acids is 5. The van der Waals surface area contributed by atoms with Crippen molar-refractivity contribution in [1.29, 1.82) is 0 Å². The van der Waals surface area contributed by atoms with Gasteiger partial charge in [0.05, 0.1) is 18.9 Å². The molecule has 300 valence electrons. The summed E-state index contributed by atoms with van der Waals surface area (Å²) in [5.74, 6) is -5.59. The molecule has 0 aliphatic rings. The lowest BCUT2D eigenvalue weighted by molar-refractivity contribution is -0.139. The van der Waals surface area contributed by atoms with Gasteiger partial charge in [-0.15, -0.1) is 0 Å². The molecule has 0 saturated carbocycles. The standard InChI is InChI=1S/C36H50N8O10S/c1-19(2)15-25(37)32(51)43-27(16-21-6-10-23(45)11-7-21)34(53)42-26(5-4-14-40-36(38)39)33(52)41-20(3)31(50)44-28(18-30(48)49)35(54)55-24-12-8-22(9-13-24)17-29(46)47/h6-13,19-20,25-28,45H,4-5,14-18,37H2,1-3H3,(H,41,52)(H,42,53)(H,43,51)(H,44,50)(H,46,47)(H,48,49)(H4,38,39,40)/t20-,25-,26-,27-,28-/m0/s1. The monoisotopic (exact) mass is 786 g/mol. The molecule has 0 aliphatic carbocycles. The van der Waals surface area contributed by atoms with Gasteiger partial charge in [-0.05, 0) is 79.3 Å². The number of carbonyl (C=O) groups is 7. The fourth-order valence-electron chi connectivity index (χ4n) is 5.10. The normalized spacial score (nSPS) is 13.6. The molecular weight excluding hydrogens is 737 g/mol. The van der Waals surface area contributed by atoms with Gasteiger partial charge in [-0.1, -0.05) is 38.1 Å². The minimum atomic E-state index is -1.51. The van der Waals surface area contributed by atoms with Crippen molar-refractivity contribution in [3.63, 3.8) is 0 Å². The first-order chi connectivity index (χ1) is 25.8. The molecule has 55 heavy (non-hydrogen) atoms. The molecule has 13 N–H and O–H groups in total. The highest BCUT2D eigenvalue weighted by atomic mass is 32.2. The molecule has 4 amide bonds. The number of thioether (sulfide) groups is 1. The summed E-state index contributed by atoms with van der Waals surface area (Å²) in [5.41, 5.74) is 18.0. The second-order valence-electron chi connectivity index (χ2n) is 13.2. The number of aliphatic carboxylic acids is 2. The third-order valence-electron chi connectivity index (χ3n) is 7.88. The number of guanidine groups is 1. The third-order valence-corrected chi connectivity index (χ3v) is 8.87. The van der Waals surface area contributed by atoms with Crippen molar-refractivity contribution >= 4 is 58.4 Å². The highest BCUT2D eigenvalue weighted by molar-refractivity contribution is 8.13. The second kappa shape index (κ2) is 22.5. The molecule has 2 aromatic rings. The van der Waals surface area contributed by atoms with Gasteiger partial charge < -0.3 is 53.8 Å². The molecule has 0 spiro atoms. The molecule has 0 aromatic heterocycles. The zero-order valence-electron chi connectivity index (χ0n) is 30.8. The lowest BCUT2D eigenvalue weighted by Gasteiger charge is -2.26. The van der Waals surface area contributed by atoms with Crippen LogP contribution in [0.2, 0.25) is 0 Å². The van der Waals surface area contributed by atoms with E-state index in [1.54, 1.807) is 12.1 Å². The Balaban J connectivity index is 2.24. The van der Waals surface area contributed by atoms with Crippen LogP contribution in [0.4, 0.5) is 0 Å². The molecule has 0 fully saturated rings. The quantitative estimate of drug-likeness (QED) is 0.0318. The number of rotatable bonds is 22. The highest BCUT2D eigenvalue weighted by Crippen LogP contribution is 2.22. The van der Waals surface area contributed by atoms with E-state index < -0.39 is 77.3 Å². The van der Waals surface area contributed by atoms with Crippen LogP contribution in [0.3, 0.4) is 0 Å². The Bertz CT molecular complexity index is 1680. The van der Waals surface area contributed by atoms with Gasteiger partial charge in [-0.25, -0.2) is 0 Å². The summed E-state index contributed by atoms with van der Waals surface area (Å²) in [4.78, 5) is 93.4. The molecule has 2 aromatic carbocycles. The number of aliphatic imine (C=N–C) groups is 1. The van der Waals surface area contributed by atoms with Gasteiger partial charge in [0, 0.05) is 17.9 Å². The molecule has 0 heterocycles. The van der Waals surface area contributed by atoms with Crippen molar-refractivity contribution in [2.24, 2.45) is 28.1 Å². The van der Waals surface area contributed by atoms with Crippen LogP contribution in [-0.2, 0) is 46.4 Å². The number of benzene rings is 2. The van der Waals surface area contributed by atoms with Gasteiger partial charge in [0.2, 0.25) is 28.7 Å². The Labute approximate surface area is 322 Å². The average molecular weight is 787 g/mol. The molecule has 5 atom stereocenters. The van der Waals surface area contributed by atoms with Crippen LogP contribution in [-0.4, -0.2) is 98.7 Å². The second-order valence-corrected chi connectivity index (χ2v) is 14.3. The summed E-state index contributed by atoms with van der Waals surface area (Å²) in [6.07, 6.45) is -0.504. The van der Waals surface area contributed by atoms with Gasteiger partial charge >= 0.3 is 11.9 Å². The maximum Gasteiger partial charge on any atom is 0.307 e. The number of phenolic OH excluding ortho intramolecular Hbond substituents is 1. The largest absolute Gasteiger partial charge is 0.508 e. The van der Waals surface area contributed by atoms with Crippen molar-refractivity contribution in [2.75, 3.05) is 6.54 Å².